The zero-order valence-corrected chi connectivity index (χ0v) is 10.1. The third kappa shape index (κ3) is 2.98. The summed E-state index contributed by atoms with van der Waals surface area (Å²) in [5, 5.41) is 9.03. The maximum atomic E-state index is 11.1. The molecule has 0 radical (unpaired) electrons. The molecule has 16 heavy (non-hydrogen) atoms. The summed E-state index contributed by atoms with van der Waals surface area (Å²) >= 11 is 6.07. The number of carbonyl (C=O) groups excluding carboxylic acids is 1. The van der Waals surface area contributed by atoms with Crippen molar-refractivity contribution < 1.29 is 4.79 Å². The van der Waals surface area contributed by atoms with Gasteiger partial charge in [-0.15, -0.1) is 0 Å². The van der Waals surface area contributed by atoms with Crippen molar-refractivity contribution in [2.75, 3.05) is 18.5 Å². The molecule has 1 aromatic rings. The van der Waals surface area contributed by atoms with Crippen LogP contribution in [0.4, 0.5) is 5.69 Å². The summed E-state index contributed by atoms with van der Waals surface area (Å²) in [6.45, 7) is 2.13. The van der Waals surface area contributed by atoms with Crippen molar-refractivity contribution in [2.24, 2.45) is 0 Å². The second-order valence-corrected chi connectivity index (χ2v) is 3.96. The van der Waals surface area contributed by atoms with Crippen molar-refractivity contribution in [3.63, 3.8) is 0 Å². The molecule has 3 nitrogen and oxygen atoms in total. The molecule has 0 N–H and O–H groups in total. The van der Waals surface area contributed by atoms with Gasteiger partial charge in [0.15, 0.2) is 5.78 Å². The van der Waals surface area contributed by atoms with Crippen molar-refractivity contribution >= 4 is 23.1 Å². The number of carbonyl (C=O) groups is 1. The molecule has 0 aliphatic carbocycles. The molecule has 0 saturated heterocycles. The van der Waals surface area contributed by atoms with Crippen LogP contribution in [0.1, 0.15) is 23.7 Å². The first-order valence-corrected chi connectivity index (χ1v) is 5.32. The van der Waals surface area contributed by atoms with Crippen LogP contribution >= 0.6 is 11.6 Å². The number of nitrogens with zero attached hydrogens (tertiary/aromatic N) is 2. The molecule has 0 saturated carbocycles. The summed E-state index contributed by atoms with van der Waals surface area (Å²) in [6, 6.07) is 7.28. The van der Waals surface area contributed by atoms with E-state index in [4.69, 9.17) is 16.9 Å². The Hall–Kier alpha value is -1.53. The molecule has 84 valence electrons. The molecule has 4 heteroatoms. The predicted octanol–water partition coefficient (Wildman–Crippen LogP) is 2.89. The summed E-state index contributed by atoms with van der Waals surface area (Å²) in [5.41, 5.74) is 1.43. The number of hydrogen-bond acceptors (Lipinski definition) is 3. The lowest BCUT2D eigenvalue weighted by atomic mass is 10.1. The molecule has 0 unspecified atom stereocenters. The monoisotopic (exact) mass is 236 g/mol. The quantitative estimate of drug-likeness (QED) is 0.755. The average molecular weight is 237 g/mol. The van der Waals surface area contributed by atoms with Gasteiger partial charge in [0.05, 0.1) is 23.2 Å². The highest BCUT2D eigenvalue weighted by Gasteiger charge is 2.08. The molecule has 0 aliphatic rings. The molecule has 0 aromatic heterocycles. The molecular formula is C12H13ClN2O. The first kappa shape index (κ1) is 12.5. The van der Waals surface area contributed by atoms with Crippen molar-refractivity contribution in [2.45, 2.75) is 13.3 Å². The summed E-state index contributed by atoms with van der Waals surface area (Å²) in [7, 11) is 1.87. The van der Waals surface area contributed by atoms with E-state index in [1.54, 1.807) is 18.2 Å². The second kappa shape index (κ2) is 5.53. The van der Waals surface area contributed by atoms with E-state index in [1.165, 1.54) is 6.92 Å². The fourth-order valence-electron chi connectivity index (χ4n) is 1.37. The van der Waals surface area contributed by atoms with Crippen molar-refractivity contribution in [1.82, 2.24) is 0 Å². The molecule has 0 fully saturated rings. The van der Waals surface area contributed by atoms with Gasteiger partial charge in [-0.25, -0.2) is 0 Å². The molecule has 0 heterocycles. The van der Waals surface area contributed by atoms with Crippen LogP contribution in [0.5, 0.6) is 0 Å². The van der Waals surface area contributed by atoms with Gasteiger partial charge in [0.2, 0.25) is 0 Å². The Kier molecular flexibility index (Phi) is 4.33. The lowest BCUT2D eigenvalue weighted by molar-refractivity contribution is 0.101. The van der Waals surface area contributed by atoms with Gasteiger partial charge in [0, 0.05) is 19.2 Å². The topological polar surface area (TPSA) is 44.1 Å². The number of anilines is 1. The summed E-state index contributed by atoms with van der Waals surface area (Å²) in [6.07, 6.45) is 0.446. The molecular weight excluding hydrogens is 224 g/mol. The largest absolute Gasteiger partial charge is 0.372 e. The first-order valence-electron chi connectivity index (χ1n) is 4.95. The molecule has 1 aromatic carbocycles. The highest BCUT2D eigenvalue weighted by Crippen LogP contribution is 2.26. The van der Waals surface area contributed by atoms with Gasteiger partial charge in [-0.05, 0) is 25.1 Å². The minimum absolute atomic E-state index is 0.00636. The molecule has 0 bridgehead atoms. The minimum Gasteiger partial charge on any atom is -0.372 e. The lowest BCUT2D eigenvalue weighted by Crippen LogP contribution is -2.18. The fraction of sp³-hybridized carbons (Fsp3) is 0.333. The van der Waals surface area contributed by atoms with Gasteiger partial charge in [-0.3, -0.25) is 4.79 Å². The van der Waals surface area contributed by atoms with Crippen molar-refractivity contribution in [1.29, 1.82) is 5.26 Å². The number of hydrogen-bond donors (Lipinski definition) is 0. The normalized spacial score (nSPS) is 9.62. The lowest BCUT2D eigenvalue weighted by Gasteiger charge is -2.19. The van der Waals surface area contributed by atoms with Gasteiger partial charge in [-0.2, -0.15) is 5.26 Å². The molecule has 0 amide bonds. The number of benzene rings is 1. The van der Waals surface area contributed by atoms with E-state index in [1.807, 2.05) is 11.9 Å². The Morgan fingerprint density at radius 1 is 1.56 bits per heavy atom. The third-order valence-corrected chi connectivity index (χ3v) is 2.63. The van der Waals surface area contributed by atoms with E-state index in [2.05, 4.69) is 6.07 Å². The van der Waals surface area contributed by atoms with E-state index in [0.29, 0.717) is 23.6 Å². The molecule has 0 aliphatic heterocycles. The van der Waals surface area contributed by atoms with Crippen LogP contribution in [-0.2, 0) is 0 Å². The van der Waals surface area contributed by atoms with E-state index in [-0.39, 0.29) is 5.78 Å². The zero-order chi connectivity index (χ0) is 12.1. The Balaban J connectivity index is 2.91. The zero-order valence-electron chi connectivity index (χ0n) is 9.33. The Morgan fingerprint density at radius 2 is 2.25 bits per heavy atom. The Morgan fingerprint density at radius 3 is 2.75 bits per heavy atom. The van der Waals surface area contributed by atoms with E-state index < -0.39 is 0 Å². The first-order chi connectivity index (χ1) is 7.56. The fourth-order valence-corrected chi connectivity index (χ4v) is 1.70. The maximum Gasteiger partial charge on any atom is 0.159 e. The van der Waals surface area contributed by atoms with Gasteiger partial charge < -0.3 is 4.90 Å². The molecule has 0 atom stereocenters. The van der Waals surface area contributed by atoms with Crippen molar-refractivity contribution in [3.8, 4) is 6.07 Å². The minimum atomic E-state index is -0.00636. The van der Waals surface area contributed by atoms with Gasteiger partial charge in [0.25, 0.3) is 0 Å². The third-order valence-electron chi connectivity index (χ3n) is 2.32. The summed E-state index contributed by atoms with van der Waals surface area (Å²) in [5.74, 6) is -0.00636. The van der Waals surface area contributed by atoms with Crippen LogP contribution in [0, 0.1) is 11.3 Å². The highest BCUT2D eigenvalue weighted by atomic mass is 35.5. The second-order valence-electron chi connectivity index (χ2n) is 3.55. The molecule has 0 spiro atoms. The number of nitriles is 1. The molecule has 1 rings (SSSR count). The predicted molar refractivity (Wildman–Crippen MR) is 65.0 cm³/mol. The number of ketones is 1. The number of rotatable bonds is 4. The Bertz CT molecular complexity index is 437. The summed E-state index contributed by atoms with van der Waals surface area (Å²) < 4.78 is 0. The van der Waals surface area contributed by atoms with Crippen LogP contribution in [0.2, 0.25) is 5.02 Å². The standard InChI is InChI=1S/C12H13ClN2O/c1-9(16)10-4-5-12(11(13)8-10)15(2)7-3-6-14/h4-5,8H,3,7H2,1-2H3. The van der Waals surface area contributed by atoms with Crippen LogP contribution in [0.25, 0.3) is 0 Å². The van der Waals surface area contributed by atoms with Crippen LogP contribution in [0.3, 0.4) is 0 Å². The van der Waals surface area contributed by atoms with Crippen LogP contribution in [-0.4, -0.2) is 19.4 Å². The van der Waals surface area contributed by atoms with Gasteiger partial charge in [0.1, 0.15) is 0 Å². The number of halogens is 1. The van der Waals surface area contributed by atoms with E-state index in [0.717, 1.165) is 5.69 Å². The van der Waals surface area contributed by atoms with Gasteiger partial charge >= 0.3 is 0 Å². The average Bonchev–Trinajstić information content (AvgIpc) is 2.25. The maximum absolute atomic E-state index is 11.1. The summed E-state index contributed by atoms with van der Waals surface area (Å²) in [4.78, 5) is 13.0. The smallest absolute Gasteiger partial charge is 0.159 e. The van der Waals surface area contributed by atoms with E-state index >= 15 is 0 Å². The SMILES string of the molecule is CC(=O)c1ccc(N(C)CCC#N)c(Cl)c1. The van der Waals surface area contributed by atoms with Crippen LogP contribution in [0.15, 0.2) is 18.2 Å². The Labute approximate surface area is 100 Å². The van der Waals surface area contributed by atoms with Crippen molar-refractivity contribution in [3.05, 3.63) is 28.8 Å². The van der Waals surface area contributed by atoms with Gasteiger partial charge in [-0.1, -0.05) is 11.6 Å². The van der Waals surface area contributed by atoms with E-state index in [9.17, 15) is 4.79 Å². The number of Topliss-reactive ketones (excluding diaryl/α,β-unsaturated/α-hetero) is 1. The highest BCUT2D eigenvalue weighted by molar-refractivity contribution is 6.33. The van der Waals surface area contributed by atoms with Crippen LogP contribution < -0.4 is 4.90 Å².